The minimum atomic E-state index is 0. The molecule has 0 aromatic rings. The van der Waals surface area contributed by atoms with Gasteiger partial charge in [-0.1, -0.05) is 0 Å². The van der Waals surface area contributed by atoms with Crippen LogP contribution in [-0.4, -0.2) is 45.5 Å². The van der Waals surface area contributed by atoms with Crippen LogP contribution in [0, 0.1) is 0 Å². The van der Waals surface area contributed by atoms with Crippen molar-refractivity contribution in [2.24, 2.45) is 0 Å². The van der Waals surface area contributed by atoms with E-state index in [-0.39, 0.29) is 120 Å². The number of hydrogen-bond acceptors (Lipinski definition) is 0. The van der Waals surface area contributed by atoms with Gasteiger partial charge in [0.25, 0.3) is 0 Å². The molecule has 0 aliphatic carbocycles. The van der Waals surface area contributed by atoms with Crippen LogP contribution in [-0.2, 0) is 74.9 Å². The zero-order valence-corrected chi connectivity index (χ0v) is 12.4. The average molecular weight is 394 g/mol. The minimum Gasteiger partial charge on any atom is -2.00 e. The Morgan fingerprint density at radius 1 is 0.500 bits per heavy atom. The van der Waals surface area contributed by atoms with Gasteiger partial charge < -0.3 is 27.4 Å². The first-order valence-corrected chi connectivity index (χ1v) is 0. The Morgan fingerprint density at radius 3 is 0.500 bits per heavy atom. The molecule has 0 N–H and O–H groups in total. The summed E-state index contributed by atoms with van der Waals surface area (Å²) in [5.74, 6) is 0. The van der Waals surface area contributed by atoms with Crippen LogP contribution in [0.3, 0.4) is 0 Å². The van der Waals surface area contributed by atoms with E-state index in [4.69, 9.17) is 0 Å². The maximum atomic E-state index is 0. The van der Waals surface area contributed by atoms with E-state index in [2.05, 4.69) is 0 Å². The molecule has 0 fully saturated rings. The predicted octanol–water partition coefficient (Wildman–Crippen LogP) is -0.980. The van der Waals surface area contributed by atoms with Crippen LogP contribution in [0.1, 0.15) is 0 Å². The maximum Gasteiger partial charge on any atom is 4.00 e. The molecule has 5 nitrogen and oxygen atoms in total. The first kappa shape index (κ1) is 129. The number of rotatable bonds is 0. The van der Waals surface area contributed by atoms with Gasteiger partial charge in [-0.05, 0) is 0 Å². The summed E-state index contributed by atoms with van der Waals surface area (Å²) < 4.78 is 0. The van der Waals surface area contributed by atoms with Crippen LogP contribution in [0.5, 0.6) is 0 Å². The van der Waals surface area contributed by atoms with Gasteiger partial charge >= 0.3 is 93.0 Å². The van der Waals surface area contributed by atoms with Gasteiger partial charge in [-0.15, -0.1) is 0 Å². The molecular formula is HfO5SrTi. The Bertz CT molecular complexity index is 12.4. The Balaban J connectivity index is 0. The van der Waals surface area contributed by atoms with Crippen LogP contribution in [0.25, 0.3) is 0 Å². The molecule has 0 spiro atoms. The molecule has 0 unspecified atom stereocenters. The van der Waals surface area contributed by atoms with Gasteiger partial charge in [0, 0.05) is 0 Å². The summed E-state index contributed by atoms with van der Waals surface area (Å²) >= 11 is 0. The molecule has 0 rings (SSSR count). The first-order valence-electron chi connectivity index (χ1n) is 0. The van der Waals surface area contributed by atoms with Crippen LogP contribution < -0.4 is 0 Å². The second kappa shape index (κ2) is 94.5. The van der Waals surface area contributed by atoms with Gasteiger partial charge in [0.1, 0.15) is 0 Å². The third-order valence-corrected chi connectivity index (χ3v) is 0. The van der Waals surface area contributed by atoms with Crippen molar-refractivity contribution >= 4 is 45.5 Å². The van der Waals surface area contributed by atoms with Gasteiger partial charge in [-0.2, -0.15) is 0 Å². The molecule has 0 radical (unpaired) electrons. The zero-order chi connectivity index (χ0) is 0. The molecule has 0 amide bonds. The first-order chi connectivity index (χ1) is 0. The molecule has 8 heavy (non-hydrogen) atoms. The molecule has 8 heteroatoms. The maximum absolute atomic E-state index is 0. The minimum absolute atomic E-state index is 0. The zero-order valence-electron chi connectivity index (χ0n) is 3.75. The smallest absolute Gasteiger partial charge is 2.00 e. The van der Waals surface area contributed by atoms with Gasteiger partial charge in [0.2, 0.25) is 0 Å². The summed E-state index contributed by atoms with van der Waals surface area (Å²) in [5, 5.41) is 0. The summed E-state index contributed by atoms with van der Waals surface area (Å²) in [6, 6.07) is 0. The molecule has 0 aliphatic rings. The Kier molecular flexibility index (Phi) is 1520. The fraction of sp³-hybridized carbons (Fsp3) is 0. The van der Waals surface area contributed by atoms with Crippen molar-refractivity contribution in [3.8, 4) is 0 Å². The van der Waals surface area contributed by atoms with Crippen LogP contribution in [0.2, 0.25) is 0 Å². The van der Waals surface area contributed by atoms with Crippen molar-refractivity contribution in [2.75, 3.05) is 0 Å². The summed E-state index contributed by atoms with van der Waals surface area (Å²) in [7, 11) is 0. The van der Waals surface area contributed by atoms with Gasteiger partial charge in [0.15, 0.2) is 0 Å². The largest absolute Gasteiger partial charge is 4.00 e. The van der Waals surface area contributed by atoms with E-state index < -0.39 is 0 Å². The standard InChI is InChI=1S/Hf.5O.Sr.Ti/q+4;5*-2;+2;+4. The normalized spacial score (nSPS) is 0. The van der Waals surface area contributed by atoms with E-state index in [1.165, 1.54) is 0 Å². The molecule has 0 aliphatic heterocycles. The van der Waals surface area contributed by atoms with E-state index in [0.29, 0.717) is 0 Å². The van der Waals surface area contributed by atoms with Gasteiger partial charge in [-0.3, -0.25) is 0 Å². The molecule has 0 bridgehead atoms. The summed E-state index contributed by atoms with van der Waals surface area (Å²) in [6.07, 6.45) is 0. The van der Waals surface area contributed by atoms with Gasteiger partial charge in [-0.25, -0.2) is 0 Å². The fourth-order valence-corrected chi connectivity index (χ4v) is 0. The summed E-state index contributed by atoms with van der Waals surface area (Å²) in [6.45, 7) is 0. The molecule has 40 valence electrons. The fourth-order valence-electron chi connectivity index (χ4n) is 0. The molecule has 0 saturated carbocycles. The Hall–Kier alpha value is 2.86. The van der Waals surface area contributed by atoms with Crippen LogP contribution in [0.15, 0.2) is 0 Å². The monoisotopic (exact) mass is 396 g/mol. The molecule has 0 aromatic carbocycles. The van der Waals surface area contributed by atoms with E-state index in [1.807, 2.05) is 0 Å². The van der Waals surface area contributed by atoms with E-state index >= 15 is 0 Å². The average Bonchev–Trinajstić information content (AvgIpc) is 0. The Morgan fingerprint density at radius 2 is 0.500 bits per heavy atom. The van der Waals surface area contributed by atoms with Crippen molar-refractivity contribution in [3.63, 3.8) is 0 Å². The van der Waals surface area contributed by atoms with Crippen molar-refractivity contribution in [2.45, 2.75) is 0 Å². The summed E-state index contributed by atoms with van der Waals surface area (Å²) in [5.41, 5.74) is 0. The third kappa shape index (κ3) is 66.8. The Labute approximate surface area is 118 Å². The third-order valence-electron chi connectivity index (χ3n) is 0. The SMILES string of the molecule is [Hf+4].[O-2].[O-2].[O-2].[O-2].[O-2].[Sr+2].[Ti+4]. The second-order valence-corrected chi connectivity index (χ2v) is 0. The quantitative estimate of drug-likeness (QED) is 0.466. The second-order valence-electron chi connectivity index (χ2n) is 0. The molecular weight excluding hydrogens is 394 g/mol. The van der Waals surface area contributed by atoms with E-state index in [0.717, 1.165) is 0 Å². The molecule has 0 aromatic heterocycles. The summed E-state index contributed by atoms with van der Waals surface area (Å²) in [4.78, 5) is 0. The predicted molar refractivity (Wildman–Crippen MR) is 9.19 cm³/mol. The molecule has 0 heterocycles. The van der Waals surface area contributed by atoms with Crippen molar-refractivity contribution < 1.29 is 74.9 Å². The van der Waals surface area contributed by atoms with Crippen LogP contribution >= 0.6 is 0 Å². The van der Waals surface area contributed by atoms with Crippen LogP contribution in [0.4, 0.5) is 0 Å². The topological polar surface area (TPSA) is 142 Å². The van der Waals surface area contributed by atoms with E-state index in [1.54, 1.807) is 0 Å². The van der Waals surface area contributed by atoms with Gasteiger partial charge in [0.05, 0.1) is 0 Å². The van der Waals surface area contributed by atoms with E-state index in [9.17, 15) is 0 Å². The van der Waals surface area contributed by atoms with Crippen molar-refractivity contribution in [3.05, 3.63) is 0 Å². The number of hydrogen-bond donors (Lipinski definition) is 0. The van der Waals surface area contributed by atoms with Crippen molar-refractivity contribution in [1.29, 1.82) is 0 Å². The molecule has 0 atom stereocenters. The molecule has 0 saturated heterocycles. The van der Waals surface area contributed by atoms with Crippen molar-refractivity contribution in [1.82, 2.24) is 0 Å².